The number of carbonyl (C=O) groups excluding carboxylic acids is 3. The van der Waals surface area contributed by atoms with Gasteiger partial charge in [0.15, 0.2) is 0 Å². The molecule has 32 heavy (non-hydrogen) atoms. The summed E-state index contributed by atoms with van der Waals surface area (Å²) in [6.07, 6.45) is -1.42. The lowest BCUT2D eigenvalue weighted by atomic mass is 9.41. The van der Waals surface area contributed by atoms with E-state index in [0.29, 0.717) is 36.8 Å². The lowest BCUT2D eigenvalue weighted by Gasteiger charge is -2.66. The largest absolute Gasteiger partial charge is 0.462 e. The molecule has 0 spiro atoms. The highest BCUT2D eigenvalue weighted by atomic mass is 16.6. The van der Waals surface area contributed by atoms with Crippen LogP contribution in [0.3, 0.4) is 0 Å². The van der Waals surface area contributed by atoms with Gasteiger partial charge in [0.05, 0.1) is 5.60 Å². The molecule has 0 aromatic carbocycles. The van der Waals surface area contributed by atoms with Crippen LogP contribution in [0.15, 0.2) is 11.1 Å². The minimum atomic E-state index is -1.48. The summed E-state index contributed by atoms with van der Waals surface area (Å²) in [5, 5.41) is 23.2. The van der Waals surface area contributed by atoms with Crippen molar-refractivity contribution >= 4 is 17.9 Å². The summed E-state index contributed by atoms with van der Waals surface area (Å²) in [7, 11) is 0. The summed E-state index contributed by atoms with van der Waals surface area (Å²) >= 11 is 0. The number of rotatable bonds is 2. The van der Waals surface area contributed by atoms with Crippen LogP contribution in [0.4, 0.5) is 0 Å². The molecule has 0 bridgehead atoms. The number of aliphatic hydroxyl groups is 2. The number of esters is 3. The number of hydrogen-bond donors (Lipinski definition) is 2. The average molecular weight is 451 g/mol. The van der Waals surface area contributed by atoms with Gasteiger partial charge in [-0.2, -0.15) is 0 Å². The summed E-state index contributed by atoms with van der Waals surface area (Å²) in [5.41, 5.74) is -1.84. The fourth-order valence-electron chi connectivity index (χ4n) is 7.48. The van der Waals surface area contributed by atoms with Crippen molar-refractivity contribution in [1.29, 1.82) is 0 Å². The molecule has 4 aliphatic rings. The molecule has 3 fully saturated rings. The maximum absolute atomic E-state index is 12.2. The van der Waals surface area contributed by atoms with Crippen LogP contribution in [0.5, 0.6) is 0 Å². The van der Waals surface area contributed by atoms with Crippen molar-refractivity contribution in [3.05, 3.63) is 11.1 Å². The Morgan fingerprint density at radius 3 is 2.22 bits per heavy atom. The van der Waals surface area contributed by atoms with Gasteiger partial charge in [-0.3, -0.25) is 9.59 Å². The summed E-state index contributed by atoms with van der Waals surface area (Å²) in [6, 6.07) is 0. The Hall–Kier alpha value is -1.93. The Bertz CT molecular complexity index is 890. The second-order valence-electron chi connectivity index (χ2n) is 10.9. The molecule has 3 saturated carbocycles. The van der Waals surface area contributed by atoms with Gasteiger partial charge in [0, 0.05) is 48.2 Å². The summed E-state index contributed by atoms with van der Waals surface area (Å²) in [5.74, 6) is -1.87. The first-order valence-corrected chi connectivity index (χ1v) is 11.4. The van der Waals surface area contributed by atoms with E-state index in [1.807, 2.05) is 20.8 Å². The van der Waals surface area contributed by atoms with E-state index in [0.717, 1.165) is 0 Å². The molecule has 3 aliphatic carbocycles. The molecule has 0 unspecified atom stereocenters. The molecular formula is C24H34O8. The SMILES string of the molecule is CC(=O)O[C@H]1C[C@H](OC(C)=O)[C@]2(C)[C@H](CC[C@]3(O)[C@H]2C[C@H]2OC(=O)C(C)=C2[C@@H]3O)C1(C)C. The third-order valence-electron chi connectivity index (χ3n) is 8.96. The van der Waals surface area contributed by atoms with Crippen LogP contribution in [-0.2, 0) is 28.6 Å². The number of aliphatic hydroxyl groups excluding tert-OH is 1. The van der Waals surface area contributed by atoms with E-state index in [-0.39, 0.29) is 5.92 Å². The molecule has 1 aliphatic heterocycles. The molecule has 2 N–H and O–H groups in total. The number of fused-ring (bicyclic) bond motifs is 4. The lowest BCUT2D eigenvalue weighted by Crippen LogP contribution is -2.71. The van der Waals surface area contributed by atoms with Crippen molar-refractivity contribution in [3.63, 3.8) is 0 Å². The van der Waals surface area contributed by atoms with Gasteiger partial charge < -0.3 is 24.4 Å². The van der Waals surface area contributed by atoms with E-state index in [9.17, 15) is 24.6 Å². The van der Waals surface area contributed by atoms with Gasteiger partial charge in [0.2, 0.25) is 0 Å². The summed E-state index contributed by atoms with van der Waals surface area (Å²) < 4.78 is 17.0. The number of ether oxygens (including phenoxy) is 3. The monoisotopic (exact) mass is 450 g/mol. The number of hydrogen-bond acceptors (Lipinski definition) is 8. The first-order valence-electron chi connectivity index (χ1n) is 11.4. The second-order valence-corrected chi connectivity index (χ2v) is 10.9. The fourth-order valence-corrected chi connectivity index (χ4v) is 7.48. The predicted molar refractivity (Wildman–Crippen MR) is 112 cm³/mol. The van der Waals surface area contributed by atoms with Gasteiger partial charge in [-0.25, -0.2) is 4.79 Å². The van der Waals surface area contributed by atoms with E-state index in [1.54, 1.807) is 6.92 Å². The predicted octanol–water partition coefficient (Wildman–Crippen LogP) is 2.05. The molecule has 1 heterocycles. The molecule has 8 heteroatoms. The van der Waals surface area contributed by atoms with Crippen LogP contribution in [0, 0.1) is 22.7 Å². The highest BCUT2D eigenvalue weighted by Crippen LogP contribution is 2.66. The Labute approximate surface area is 188 Å². The normalized spacial score (nSPS) is 44.7. The smallest absolute Gasteiger partial charge is 0.334 e. The summed E-state index contributed by atoms with van der Waals surface area (Å²) in [6.45, 7) is 10.4. The van der Waals surface area contributed by atoms with Crippen LogP contribution < -0.4 is 0 Å². The first kappa shape index (κ1) is 23.2. The highest BCUT2D eigenvalue weighted by molar-refractivity contribution is 5.92. The molecule has 0 aromatic heterocycles. The zero-order valence-electron chi connectivity index (χ0n) is 19.6. The van der Waals surface area contributed by atoms with E-state index in [1.165, 1.54) is 13.8 Å². The van der Waals surface area contributed by atoms with Crippen molar-refractivity contribution in [2.24, 2.45) is 22.7 Å². The van der Waals surface area contributed by atoms with Gasteiger partial charge in [-0.15, -0.1) is 0 Å². The van der Waals surface area contributed by atoms with Crippen LogP contribution in [0.2, 0.25) is 0 Å². The van der Waals surface area contributed by atoms with Crippen LogP contribution in [0.25, 0.3) is 0 Å². The van der Waals surface area contributed by atoms with E-state index in [2.05, 4.69) is 0 Å². The topological polar surface area (TPSA) is 119 Å². The van der Waals surface area contributed by atoms with E-state index in [4.69, 9.17) is 14.2 Å². The quantitative estimate of drug-likeness (QED) is 0.485. The molecule has 4 rings (SSSR count). The molecule has 0 radical (unpaired) electrons. The third-order valence-corrected chi connectivity index (χ3v) is 8.96. The van der Waals surface area contributed by atoms with Gasteiger partial charge in [0.25, 0.3) is 0 Å². The van der Waals surface area contributed by atoms with Crippen LogP contribution in [0.1, 0.15) is 67.2 Å². The Morgan fingerprint density at radius 1 is 1.03 bits per heavy atom. The van der Waals surface area contributed by atoms with Crippen molar-refractivity contribution < 1.29 is 38.8 Å². The molecular weight excluding hydrogens is 416 g/mol. The van der Waals surface area contributed by atoms with Gasteiger partial charge in [-0.05, 0) is 32.1 Å². The average Bonchev–Trinajstić information content (AvgIpc) is 2.95. The maximum Gasteiger partial charge on any atom is 0.334 e. The highest BCUT2D eigenvalue weighted by Gasteiger charge is 2.70. The summed E-state index contributed by atoms with van der Waals surface area (Å²) in [4.78, 5) is 36.1. The Balaban J connectivity index is 1.81. The zero-order valence-corrected chi connectivity index (χ0v) is 19.6. The minimum Gasteiger partial charge on any atom is -0.462 e. The lowest BCUT2D eigenvalue weighted by molar-refractivity contribution is -0.275. The molecule has 0 aromatic rings. The molecule has 0 saturated heterocycles. The van der Waals surface area contributed by atoms with Crippen LogP contribution >= 0.6 is 0 Å². The molecule has 0 amide bonds. The van der Waals surface area contributed by atoms with Crippen molar-refractivity contribution in [2.45, 2.75) is 97.2 Å². The third kappa shape index (κ3) is 3.05. The fraction of sp³-hybridized carbons (Fsp3) is 0.792. The van der Waals surface area contributed by atoms with E-state index >= 15 is 0 Å². The Kier molecular flexibility index (Phi) is 5.29. The number of carbonyl (C=O) groups is 3. The molecule has 8 nitrogen and oxygen atoms in total. The standard InChI is InChI=1S/C24H34O8/c1-11-19-14(32-21(11)28)9-16-23(6)15(7-8-24(16,29)20(19)27)22(4,5)17(30-12(2)25)10-18(23)31-13(3)26/h14-18,20,27,29H,7-10H2,1-6H3/t14-,15-,16+,17+,18+,20+,23-,24+/m1/s1. The second kappa shape index (κ2) is 7.29. The van der Waals surface area contributed by atoms with Gasteiger partial charge in [-0.1, -0.05) is 20.8 Å². The van der Waals surface area contributed by atoms with Crippen molar-refractivity contribution in [1.82, 2.24) is 0 Å². The maximum atomic E-state index is 12.2. The van der Waals surface area contributed by atoms with Crippen molar-refractivity contribution in [2.75, 3.05) is 0 Å². The van der Waals surface area contributed by atoms with Gasteiger partial charge in [0.1, 0.15) is 24.4 Å². The first-order chi connectivity index (χ1) is 14.7. The van der Waals surface area contributed by atoms with E-state index < -0.39 is 64.7 Å². The molecule has 178 valence electrons. The van der Waals surface area contributed by atoms with Crippen molar-refractivity contribution in [3.8, 4) is 0 Å². The Morgan fingerprint density at radius 2 is 1.62 bits per heavy atom. The van der Waals surface area contributed by atoms with Crippen LogP contribution in [-0.4, -0.2) is 58.1 Å². The van der Waals surface area contributed by atoms with Gasteiger partial charge >= 0.3 is 17.9 Å². The minimum absolute atomic E-state index is 0.0707. The zero-order chi connectivity index (χ0) is 23.8. The molecule has 8 atom stereocenters.